The van der Waals surface area contributed by atoms with E-state index in [2.05, 4.69) is 0 Å². The molecule has 0 aromatic carbocycles. The predicted molar refractivity (Wildman–Crippen MR) is 71.5 cm³/mol. The lowest BCUT2D eigenvalue weighted by Gasteiger charge is -2.18. The second kappa shape index (κ2) is 4.74. The molecular formula is C8H12Cl2O4S3. The van der Waals surface area contributed by atoms with Gasteiger partial charge in [0.2, 0.25) is 0 Å². The first-order valence-corrected chi connectivity index (χ1v) is 10.4. The lowest BCUT2D eigenvalue weighted by atomic mass is 10.3. The Hall–Kier alpha value is 0.830. The standard InChI is InChI=1S/C8H12Cl2O4S3/c9-5-3-16(11,12)4-7(5)15-6-1-2-17(13,14)8(6)10/h5-8H,1-4H2/t5-,6-,7+,8+/m0/s1. The van der Waals surface area contributed by atoms with Crippen molar-refractivity contribution in [3.63, 3.8) is 0 Å². The van der Waals surface area contributed by atoms with Gasteiger partial charge in [-0.1, -0.05) is 0 Å². The molecule has 0 N–H and O–H groups in total. The maximum atomic E-state index is 11.5. The second-order valence-electron chi connectivity index (χ2n) is 4.31. The molecule has 0 saturated carbocycles. The number of halogens is 2. The number of rotatable bonds is 2. The second-order valence-corrected chi connectivity index (χ2v) is 11.5. The van der Waals surface area contributed by atoms with E-state index in [1.165, 1.54) is 11.8 Å². The van der Waals surface area contributed by atoms with Gasteiger partial charge in [-0.05, 0) is 6.42 Å². The Morgan fingerprint density at radius 3 is 2.06 bits per heavy atom. The normalized spacial score (nSPS) is 43.9. The fraction of sp³-hybridized carbons (Fsp3) is 1.00. The zero-order valence-electron chi connectivity index (χ0n) is 8.75. The van der Waals surface area contributed by atoms with E-state index in [4.69, 9.17) is 23.2 Å². The van der Waals surface area contributed by atoms with Crippen LogP contribution >= 0.6 is 35.0 Å². The van der Waals surface area contributed by atoms with Crippen molar-refractivity contribution < 1.29 is 16.8 Å². The maximum Gasteiger partial charge on any atom is 0.168 e. The van der Waals surface area contributed by atoms with Crippen LogP contribution in [0.5, 0.6) is 0 Å². The molecule has 100 valence electrons. The van der Waals surface area contributed by atoms with Crippen LogP contribution in [0.1, 0.15) is 6.42 Å². The smallest absolute Gasteiger partial charge is 0.168 e. The van der Waals surface area contributed by atoms with Crippen LogP contribution in [-0.4, -0.2) is 54.7 Å². The number of sulfone groups is 2. The fourth-order valence-electron chi connectivity index (χ4n) is 2.01. The first kappa shape index (κ1) is 14.2. The lowest BCUT2D eigenvalue weighted by Crippen LogP contribution is -2.24. The monoisotopic (exact) mass is 338 g/mol. The minimum Gasteiger partial charge on any atom is -0.229 e. The summed E-state index contributed by atoms with van der Waals surface area (Å²) in [6, 6.07) is 0. The van der Waals surface area contributed by atoms with Crippen LogP contribution < -0.4 is 0 Å². The highest BCUT2D eigenvalue weighted by Gasteiger charge is 2.44. The molecule has 2 fully saturated rings. The summed E-state index contributed by atoms with van der Waals surface area (Å²) in [5, 5.41) is -0.945. The van der Waals surface area contributed by atoms with Gasteiger partial charge >= 0.3 is 0 Å². The van der Waals surface area contributed by atoms with Gasteiger partial charge in [-0.3, -0.25) is 0 Å². The maximum absolute atomic E-state index is 11.5. The SMILES string of the molecule is O=S1(=O)C[C@H](Cl)[C@H](S[C@H]2CCS(=O)(=O)[C@H]2Cl)C1. The molecule has 0 aromatic rings. The van der Waals surface area contributed by atoms with E-state index >= 15 is 0 Å². The van der Waals surface area contributed by atoms with Gasteiger partial charge in [0.1, 0.15) is 4.71 Å². The number of alkyl halides is 2. The molecular weight excluding hydrogens is 327 g/mol. The van der Waals surface area contributed by atoms with Gasteiger partial charge in [-0.2, -0.15) is 0 Å². The minimum absolute atomic E-state index is 0.0198. The molecule has 0 amide bonds. The predicted octanol–water partition coefficient (Wildman–Crippen LogP) is 0.876. The van der Waals surface area contributed by atoms with Crippen molar-refractivity contribution in [3.05, 3.63) is 0 Å². The Morgan fingerprint density at radius 2 is 1.65 bits per heavy atom. The van der Waals surface area contributed by atoms with Gasteiger partial charge in [-0.15, -0.1) is 35.0 Å². The highest BCUT2D eigenvalue weighted by atomic mass is 35.5. The van der Waals surface area contributed by atoms with Crippen molar-refractivity contribution in [2.45, 2.75) is 27.0 Å². The van der Waals surface area contributed by atoms with Crippen molar-refractivity contribution in [3.8, 4) is 0 Å². The average Bonchev–Trinajstić information content (AvgIpc) is 2.57. The van der Waals surface area contributed by atoms with Gasteiger partial charge in [-0.25, -0.2) is 16.8 Å². The highest BCUT2D eigenvalue weighted by molar-refractivity contribution is 8.04. The summed E-state index contributed by atoms with van der Waals surface area (Å²) in [6.07, 6.45) is 0.474. The zero-order chi connectivity index (χ0) is 12.8. The quantitative estimate of drug-likeness (QED) is 0.699. The van der Waals surface area contributed by atoms with Crippen LogP contribution in [0.4, 0.5) is 0 Å². The topological polar surface area (TPSA) is 68.3 Å². The van der Waals surface area contributed by atoms with Crippen LogP contribution in [0.25, 0.3) is 0 Å². The summed E-state index contributed by atoms with van der Waals surface area (Å²) in [5.74, 6) is 0.0654. The molecule has 0 aliphatic carbocycles. The van der Waals surface area contributed by atoms with Crippen LogP contribution in [-0.2, 0) is 19.7 Å². The molecule has 0 bridgehead atoms. The zero-order valence-corrected chi connectivity index (χ0v) is 12.7. The summed E-state index contributed by atoms with van der Waals surface area (Å²) in [5.41, 5.74) is 0. The van der Waals surface area contributed by atoms with Crippen LogP contribution in [0.2, 0.25) is 0 Å². The number of hydrogen-bond acceptors (Lipinski definition) is 5. The summed E-state index contributed by atoms with van der Waals surface area (Å²) < 4.78 is 44.8. The average molecular weight is 339 g/mol. The molecule has 17 heavy (non-hydrogen) atoms. The molecule has 0 unspecified atom stereocenters. The molecule has 0 spiro atoms. The first-order valence-electron chi connectivity index (χ1n) is 5.07. The molecule has 2 saturated heterocycles. The third kappa shape index (κ3) is 3.05. The fourth-order valence-corrected chi connectivity index (χ4v) is 9.52. The Kier molecular flexibility index (Phi) is 3.97. The Bertz CT molecular complexity index is 501. The Balaban J connectivity index is 2.04. The highest BCUT2D eigenvalue weighted by Crippen LogP contribution is 2.39. The van der Waals surface area contributed by atoms with Crippen molar-refractivity contribution in [1.82, 2.24) is 0 Å². The van der Waals surface area contributed by atoms with Crippen LogP contribution in [0.15, 0.2) is 0 Å². The van der Waals surface area contributed by atoms with Gasteiger partial charge in [0.05, 0.1) is 22.6 Å². The molecule has 2 aliphatic rings. The number of hydrogen-bond donors (Lipinski definition) is 0. The molecule has 9 heteroatoms. The van der Waals surface area contributed by atoms with E-state index < -0.39 is 29.8 Å². The molecule has 2 aliphatic heterocycles. The number of thioether (sulfide) groups is 1. The lowest BCUT2D eigenvalue weighted by molar-refractivity contribution is 0.599. The largest absolute Gasteiger partial charge is 0.229 e. The van der Waals surface area contributed by atoms with E-state index in [0.717, 1.165) is 0 Å². The molecule has 4 nitrogen and oxygen atoms in total. The molecule has 0 aromatic heterocycles. The molecule has 4 atom stereocenters. The minimum atomic E-state index is -3.21. The van der Waals surface area contributed by atoms with Crippen molar-refractivity contribution >= 4 is 54.6 Å². The molecule has 2 heterocycles. The van der Waals surface area contributed by atoms with E-state index in [-0.39, 0.29) is 27.8 Å². The van der Waals surface area contributed by atoms with Crippen LogP contribution in [0, 0.1) is 0 Å². The first-order chi connectivity index (χ1) is 7.71. The third-order valence-corrected chi connectivity index (χ3v) is 10.6. The van der Waals surface area contributed by atoms with Crippen molar-refractivity contribution in [2.75, 3.05) is 17.3 Å². The molecule has 2 rings (SSSR count). The summed E-state index contributed by atoms with van der Waals surface area (Å²) in [4.78, 5) is 0. The van der Waals surface area contributed by atoms with Gasteiger partial charge in [0, 0.05) is 10.5 Å². The van der Waals surface area contributed by atoms with E-state index in [1.807, 2.05) is 0 Å². The Morgan fingerprint density at radius 1 is 1.00 bits per heavy atom. The van der Waals surface area contributed by atoms with E-state index in [1.54, 1.807) is 0 Å². The van der Waals surface area contributed by atoms with Gasteiger partial charge < -0.3 is 0 Å². The van der Waals surface area contributed by atoms with Crippen molar-refractivity contribution in [2.24, 2.45) is 0 Å². The third-order valence-electron chi connectivity index (χ3n) is 2.91. The summed E-state index contributed by atoms with van der Waals surface area (Å²) >= 11 is 13.1. The van der Waals surface area contributed by atoms with Gasteiger partial charge in [0.25, 0.3) is 0 Å². The molecule has 0 radical (unpaired) electrons. The van der Waals surface area contributed by atoms with E-state index in [0.29, 0.717) is 6.42 Å². The van der Waals surface area contributed by atoms with Crippen molar-refractivity contribution in [1.29, 1.82) is 0 Å². The Labute approximate surface area is 115 Å². The van der Waals surface area contributed by atoms with E-state index in [9.17, 15) is 16.8 Å². The summed E-state index contributed by atoms with van der Waals surface area (Å²) in [7, 11) is -6.29. The van der Waals surface area contributed by atoms with Crippen LogP contribution in [0.3, 0.4) is 0 Å². The summed E-state index contributed by atoms with van der Waals surface area (Å²) in [6.45, 7) is 0. The van der Waals surface area contributed by atoms with Gasteiger partial charge in [0.15, 0.2) is 19.7 Å².